The maximum absolute atomic E-state index is 8.99. The van der Waals surface area contributed by atoms with Crippen molar-refractivity contribution in [1.29, 1.82) is 0 Å². The third-order valence-corrected chi connectivity index (χ3v) is 2.69. The van der Waals surface area contributed by atoms with Crippen LogP contribution in [0.3, 0.4) is 0 Å². The zero-order valence-corrected chi connectivity index (χ0v) is 9.09. The largest absolute Gasteiger partial charge is 0.356 e. The Kier molecular flexibility index (Phi) is 5.22. The van der Waals surface area contributed by atoms with E-state index in [2.05, 4.69) is 27.6 Å². The van der Waals surface area contributed by atoms with Crippen LogP contribution in [-0.2, 0) is 0 Å². The van der Waals surface area contributed by atoms with Gasteiger partial charge in [-0.3, -0.25) is 9.69 Å². The van der Waals surface area contributed by atoms with Gasteiger partial charge in [0.15, 0.2) is 0 Å². The molecule has 0 aromatic rings. The van der Waals surface area contributed by atoms with E-state index in [0.717, 1.165) is 6.04 Å². The Morgan fingerprint density at radius 3 is 2.43 bits per heavy atom. The van der Waals surface area contributed by atoms with Crippen LogP contribution in [-0.4, -0.2) is 42.5 Å². The number of amides is 1. The second-order valence-corrected chi connectivity index (χ2v) is 4.07. The van der Waals surface area contributed by atoms with Gasteiger partial charge in [0.2, 0.25) is 0 Å². The van der Waals surface area contributed by atoms with E-state index in [-0.39, 0.29) is 0 Å². The van der Waals surface area contributed by atoms with Crippen LogP contribution in [0.4, 0.5) is 4.79 Å². The quantitative estimate of drug-likeness (QED) is 0.506. The maximum atomic E-state index is 8.99. The van der Waals surface area contributed by atoms with E-state index in [1.54, 1.807) is 0 Å². The molecule has 3 N–H and O–H groups in total. The predicted molar refractivity (Wildman–Crippen MR) is 57.5 cm³/mol. The van der Waals surface area contributed by atoms with Gasteiger partial charge in [-0.05, 0) is 50.5 Å². The fraction of sp³-hybridized carbons (Fsp3) is 0.889. The van der Waals surface area contributed by atoms with E-state index < -0.39 is 5.37 Å². The number of hydrogen-bond donors (Lipinski definition) is 2. The van der Waals surface area contributed by atoms with Gasteiger partial charge in [0.05, 0.1) is 0 Å². The lowest BCUT2D eigenvalue weighted by molar-refractivity contribution is 0.258. The molecule has 1 atom stereocenters. The van der Waals surface area contributed by atoms with Crippen molar-refractivity contribution in [2.24, 2.45) is 5.73 Å². The van der Waals surface area contributed by atoms with Crippen LogP contribution in [0.2, 0.25) is 0 Å². The molecule has 82 valence electrons. The molecule has 5 heteroatoms. The van der Waals surface area contributed by atoms with E-state index in [9.17, 15) is 0 Å². The molecule has 0 aliphatic carbocycles. The SMILES string of the molecule is C1CCN([C@H]2CCNC2)C1.NC(=O)Cl. The van der Waals surface area contributed by atoms with Gasteiger partial charge >= 0.3 is 5.37 Å². The minimum atomic E-state index is -0.861. The van der Waals surface area contributed by atoms with Gasteiger partial charge in [-0.2, -0.15) is 0 Å². The molecule has 0 saturated carbocycles. The Labute approximate surface area is 89.8 Å². The first-order valence-electron chi connectivity index (χ1n) is 5.10. The van der Waals surface area contributed by atoms with Crippen LogP contribution < -0.4 is 11.1 Å². The number of rotatable bonds is 1. The molecule has 2 aliphatic heterocycles. The summed E-state index contributed by atoms with van der Waals surface area (Å²) in [4.78, 5) is 11.6. The summed E-state index contributed by atoms with van der Waals surface area (Å²) in [6, 6.07) is 0.877. The molecular formula is C9H18ClN3O. The van der Waals surface area contributed by atoms with Gasteiger partial charge in [0.25, 0.3) is 0 Å². The van der Waals surface area contributed by atoms with E-state index in [0.29, 0.717) is 0 Å². The summed E-state index contributed by atoms with van der Waals surface area (Å²) in [5.41, 5.74) is 4.24. The number of primary amides is 1. The Bertz CT molecular complexity index is 159. The third kappa shape index (κ3) is 4.26. The third-order valence-electron chi connectivity index (χ3n) is 2.69. The van der Waals surface area contributed by atoms with Crippen molar-refractivity contribution >= 4 is 17.0 Å². The summed E-state index contributed by atoms with van der Waals surface area (Å²) < 4.78 is 0. The Morgan fingerprint density at radius 2 is 2.00 bits per heavy atom. The molecule has 0 bridgehead atoms. The normalized spacial score (nSPS) is 27.1. The average molecular weight is 220 g/mol. The van der Waals surface area contributed by atoms with Crippen molar-refractivity contribution < 1.29 is 4.79 Å². The lowest BCUT2D eigenvalue weighted by Gasteiger charge is -2.21. The molecule has 2 rings (SSSR count). The maximum Gasteiger partial charge on any atom is 0.311 e. The topological polar surface area (TPSA) is 58.4 Å². The average Bonchev–Trinajstić information content (AvgIpc) is 2.76. The Morgan fingerprint density at radius 1 is 1.43 bits per heavy atom. The Hall–Kier alpha value is -0.320. The number of carbonyl (C=O) groups is 1. The van der Waals surface area contributed by atoms with Crippen molar-refractivity contribution in [3.63, 3.8) is 0 Å². The van der Waals surface area contributed by atoms with Crippen LogP contribution >= 0.6 is 11.6 Å². The predicted octanol–water partition coefficient (Wildman–Crippen LogP) is 0.748. The smallest absolute Gasteiger partial charge is 0.311 e. The fourth-order valence-corrected chi connectivity index (χ4v) is 2.06. The molecule has 0 aromatic carbocycles. The van der Waals surface area contributed by atoms with Crippen molar-refractivity contribution in [2.75, 3.05) is 26.2 Å². The standard InChI is InChI=1S/C8H16N2.CH2ClNO/c1-2-6-10(5-1)8-3-4-9-7-8;2-1(3)4/h8-9H,1-7H2;(H2,3,4)/t8-;/m0./s1. The summed E-state index contributed by atoms with van der Waals surface area (Å²) in [6.07, 6.45) is 4.23. The number of hydrogen-bond acceptors (Lipinski definition) is 3. The van der Waals surface area contributed by atoms with Gasteiger partial charge < -0.3 is 11.1 Å². The lowest BCUT2D eigenvalue weighted by atomic mass is 10.2. The summed E-state index contributed by atoms with van der Waals surface area (Å²) in [5, 5.41) is 2.55. The zero-order valence-electron chi connectivity index (χ0n) is 8.34. The van der Waals surface area contributed by atoms with E-state index in [4.69, 9.17) is 4.79 Å². The van der Waals surface area contributed by atoms with E-state index >= 15 is 0 Å². The van der Waals surface area contributed by atoms with Gasteiger partial charge in [-0.25, -0.2) is 0 Å². The minimum Gasteiger partial charge on any atom is -0.356 e. The first-order chi connectivity index (χ1) is 6.70. The van der Waals surface area contributed by atoms with Crippen LogP contribution in [0.1, 0.15) is 19.3 Å². The first kappa shape index (κ1) is 11.8. The molecule has 4 nitrogen and oxygen atoms in total. The second-order valence-electron chi connectivity index (χ2n) is 3.69. The number of likely N-dealkylation sites (tertiary alicyclic amines) is 1. The molecule has 2 aliphatic rings. The van der Waals surface area contributed by atoms with Gasteiger partial charge in [-0.1, -0.05) is 0 Å². The summed E-state index contributed by atoms with van der Waals surface area (Å²) >= 11 is 4.41. The molecule has 2 saturated heterocycles. The fourth-order valence-electron chi connectivity index (χ4n) is 2.06. The van der Waals surface area contributed by atoms with Crippen LogP contribution in [0.25, 0.3) is 0 Å². The molecule has 0 radical (unpaired) electrons. The van der Waals surface area contributed by atoms with Crippen molar-refractivity contribution in [2.45, 2.75) is 25.3 Å². The van der Waals surface area contributed by atoms with E-state index in [1.807, 2.05) is 0 Å². The summed E-state index contributed by atoms with van der Waals surface area (Å²) in [5.74, 6) is 0. The molecule has 0 aromatic heterocycles. The number of nitrogens with two attached hydrogens (primary N) is 1. The van der Waals surface area contributed by atoms with Gasteiger partial charge in [0, 0.05) is 12.6 Å². The first-order valence-corrected chi connectivity index (χ1v) is 5.47. The zero-order chi connectivity index (χ0) is 10.4. The molecule has 1 amide bonds. The van der Waals surface area contributed by atoms with Gasteiger partial charge in [0.1, 0.15) is 0 Å². The highest BCUT2D eigenvalue weighted by Crippen LogP contribution is 2.15. The highest BCUT2D eigenvalue weighted by molar-refractivity contribution is 6.62. The monoisotopic (exact) mass is 219 g/mol. The Balaban J connectivity index is 0.000000213. The molecule has 0 unspecified atom stereocenters. The minimum absolute atomic E-state index is 0.861. The van der Waals surface area contributed by atoms with Crippen LogP contribution in [0.15, 0.2) is 0 Å². The second kappa shape index (κ2) is 6.22. The number of halogens is 1. The number of nitrogens with one attached hydrogen (secondary N) is 1. The highest BCUT2D eigenvalue weighted by Gasteiger charge is 2.23. The molecular weight excluding hydrogens is 202 g/mol. The molecule has 2 heterocycles. The van der Waals surface area contributed by atoms with Crippen LogP contribution in [0, 0.1) is 0 Å². The van der Waals surface area contributed by atoms with Gasteiger partial charge in [-0.15, -0.1) is 0 Å². The van der Waals surface area contributed by atoms with Crippen molar-refractivity contribution in [3.8, 4) is 0 Å². The summed E-state index contributed by atoms with van der Waals surface area (Å²) in [6.45, 7) is 5.18. The van der Waals surface area contributed by atoms with Crippen molar-refractivity contribution in [1.82, 2.24) is 10.2 Å². The molecule has 14 heavy (non-hydrogen) atoms. The van der Waals surface area contributed by atoms with Crippen LogP contribution in [0.5, 0.6) is 0 Å². The molecule has 0 spiro atoms. The molecule has 2 fully saturated rings. The highest BCUT2D eigenvalue weighted by atomic mass is 35.5. The number of carbonyl (C=O) groups excluding carboxylic acids is 1. The van der Waals surface area contributed by atoms with E-state index in [1.165, 1.54) is 45.4 Å². The summed E-state index contributed by atoms with van der Waals surface area (Å²) in [7, 11) is 0. The lowest BCUT2D eigenvalue weighted by Crippen LogP contribution is -2.34. The number of nitrogens with zero attached hydrogens (tertiary/aromatic N) is 1. The van der Waals surface area contributed by atoms with Crippen molar-refractivity contribution in [3.05, 3.63) is 0 Å².